The van der Waals surface area contributed by atoms with Gasteiger partial charge in [-0.05, 0) is 5.92 Å². The van der Waals surface area contributed by atoms with Gasteiger partial charge in [0.1, 0.15) is 5.00 Å². The number of carbonyl (C=O) groups is 2. The Morgan fingerprint density at radius 1 is 1.29 bits per heavy atom. The van der Waals surface area contributed by atoms with E-state index in [1.54, 1.807) is 7.05 Å². The maximum atomic E-state index is 12.3. The molecule has 0 aliphatic carbocycles. The molecule has 0 bridgehead atoms. The molecule has 0 aliphatic heterocycles. The number of rotatable bonds is 6. The van der Waals surface area contributed by atoms with E-state index >= 15 is 0 Å². The molecule has 1 aromatic rings. The second-order valence-electron chi connectivity index (χ2n) is 5.90. The molecule has 118 valence electrons. The minimum Gasteiger partial charge on any atom is -0.397 e. The van der Waals surface area contributed by atoms with E-state index in [9.17, 15) is 9.59 Å². The van der Waals surface area contributed by atoms with Crippen LogP contribution in [0.2, 0.25) is 0 Å². The summed E-state index contributed by atoms with van der Waals surface area (Å²) < 4.78 is 0. The van der Waals surface area contributed by atoms with Crippen molar-refractivity contribution in [3.8, 4) is 0 Å². The van der Waals surface area contributed by atoms with Crippen molar-refractivity contribution in [2.45, 2.75) is 27.7 Å². The topological polar surface area (TPSA) is 75.4 Å². The minimum atomic E-state index is -0.253. The first kappa shape index (κ1) is 17.5. The fraction of sp³-hybridized carbons (Fsp3) is 0.600. The zero-order valence-corrected chi connectivity index (χ0v) is 14.4. The van der Waals surface area contributed by atoms with Gasteiger partial charge in [0.25, 0.3) is 5.91 Å². The average molecular weight is 311 g/mol. The third-order valence-corrected chi connectivity index (χ3v) is 4.45. The molecule has 3 N–H and O–H groups in total. The predicted octanol–water partition coefficient (Wildman–Crippen LogP) is 2.62. The summed E-state index contributed by atoms with van der Waals surface area (Å²) in [5, 5.41) is 3.36. The molecule has 1 heterocycles. The molecule has 1 rings (SSSR count). The van der Waals surface area contributed by atoms with Crippen LogP contribution in [0.25, 0.3) is 0 Å². The monoisotopic (exact) mass is 311 g/mol. The predicted molar refractivity (Wildman–Crippen MR) is 89.4 cm³/mol. The molecule has 21 heavy (non-hydrogen) atoms. The van der Waals surface area contributed by atoms with Crippen LogP contribution in [0.5, 0.6) is 0 Å². The summed E-state index contributed by atoms with van der Waals surface area (Å²) in [5.74, 6) is 0.0240. The van der Waals surface area contributed by atoms with Gasteiger partial charge in [-0.1, -0.05) is 27.7 Å². The van der Waals surface area contributed by atoms with E-state index in [4.69, 9.17) is 5.73 Å². The number of anilines is 2. The molecule has 0 saturated carbocycles. The molecule has 0 fully saturated rings. The van der Waals surface area contributed by atoms with Gasteiger partial charge in [-0.25, -0.2) is 0 Å². The Labute approximate surface area is 130 Å². The molecular formula is C15H25N3O2S. The summed E-state index contributed by atoms with van der Waals surface area (Å²) in [4.78, 5) is 26.9. The first-order valence-corrected chi connectivity index (χ1v) is 7.92. The summed E-state index contributed by atoms with van der Waals surface area (Å²) in [6.07, 6.45) is 0. The first-order valence-electron chi connectivity index (χ1n) is 7.10. The summed E-state index contributed by atoms with van der Waals surface area (Å²) in [6.45, 7) is 8.66. The molecule has 0 aliphatic rings. The Morgan fingerprint density at radius 3 is 2.29 bits per heavy atom. The number of Topliss-reactive ketones (excluding diaryl/α,β-unsaturated/α-hetero) is 1. The first-order chi connectivity index (χ1) is 9.70. The lowest BCUT2D eigenvalue weighted by atomic mass is 10.1. The maximum absolute atomic E-state index is 12.3. The van der Waals surface area contributed by atoms with Crippen molar-refractivity contribution in [2.75, 3.05) is 31.3 Å². The normalized spacial score (nSPS) is 11.0. The number of nitrogens with one attached hydrogen (secondary N) is 1. The SMILES string of the molecule is CNC(=O)c1c(N(C)CC(C)C)sc(C(=O)C(C)C)c1N. The summed E-state index contributed by atoms with van der Waals surface area (Å²) >= 11 is 1.31. The van der Waals surface area contributed by atoms with E-state index in [1.807, 2.05) is 25.8 Å². The lowest BCUT2D eigenvalue weighted by Crippen LogP contribution is -2.26. The molecular weight excluding hydrogens is 286 g/mol. The number of ketones is 1. The molecule has 0 radical (unpaired) electrons. The van der Waals surface area contributed by atoms with Crippen molar-refractivity contribution in [3.63, 3.8) is 0 Å². The molecule has 5 nitrogen and oxygen atoms in total. The van der Waals surface area contributed by atoms with Crippen LogP contribution in [0, 0.1) is 11.8 Å². The maximum Gasteiger partial charge on any atom is 0.256 e. The number of hydrogen-bond donors (Lipinski definition) is 2. The standard InChI is InChI=1S/C15H25N3O2S/c1-8(2)7-18(6)15-10(14(20)17-5)11(16)13(21-15)12(19)9(3)4/h8-9H,7,16H2,1-6H3,(H,17,20). The lowest BCUT2D eigenvalue weighted by molar-refractivity contribution is 0.0944. The van der Waals surface area contributed by atoms with Crippen LogP contribution < -0.4 is 16.0 Å². The van der Waals surface area contributed by atoms with Crippen molar-refractivity contribution in [2.24, 2.45) is 11.8 Å². The van der Waals surface area contributed by atoms with Crippen LogP contribution in [0.1, 0.15) is 47.7 Å². The molecule has 1 amide bonds. The van der Waals surface area contributed by atoms with Gasteiger partial charge < -0.3 is 16.0 Å². The molecule has 0 atom stereocenters. The number of nitrogen functional groups attached to an aromatic ring is 1. The number of nitrogens with zero attached hydrogens (tertiary/aromatic N) is 1. The highest BCUT2D eigenvalue weighted by Gasteiger charge is 2.27. The van der Waals surface area contributed by atoms with E-state index in [2.05, 4.69) is 19.2 Å². The third kappa shape index (κ3) is 3.75. The van der Waals surface area contributed by atoms with Crippen molar-refractivity contribution in [1.82, 2.24) is 5.32 Å². The Hall–Kier alpha value is -1.56. The minimum absolute atomic E-state index is 0.0214. The second-order valence-corrected chi connectivity index (χ2v) is 6.90. The highest BCUT2D eigenvalue weighted by molar-refractivity contribution is 7.19. The molecule has 6 heteroatoms. The Balaban J connectivity index is 3.37. The lowest BCUT2D eigenvalue weighted by Gasteiger charge is -2.21. The van der Waals surface area contributed by atoms with Crippen LogP contribution in [-0.2, 0) is 0 Å². The molecule has 0 saturated heterocycles. The van der Waals surface area contributed by atoms with Gasteiger partial charge in [0.2, 0.25) is 0 Å². The van der Waals surface area contributed by atoms with E-state index in [-0.39, 0.29) is 17.6 Å². The number of carbonyl (C=O) groups excluding carboxylic acids is 2. The van der Waals surface area contributed by atoms with E-state index < -0.39 is 0 Å². The summed E-state index contributed by atoms with van der Waals surface area (Å²) in [7, 11) is 3.48. The van der Waals surface area contributed by atoms with Gasteiger partial charge in [0.05, 0.1) is 16.1 Å². The van der Waals surface area contributed by atoms with Crippen molar-refractivity contribution in [1.29, 1.82) is 0 Å². The fourth-order valence-corrected chi connectivity index (χ4v) is 3.40. The number of nitrogens with two attached hydrogens (primary N) is 1. The number of hydrogen-bond acceptors (Lipinski definition) is 5. The van der Waals surface area contributed by atoms with Gasteiger partial charge >= 0.3 is 0 Å². The van der Waals surface area contributed by atoms with Crippen LogP contribution >= 0.6 is 11.3 Å². The van der Waals surface area contributed by atoms with E-state index in [0.717, 1.165) is 11.5 Å². The fourth-order valence-electron chi connectivity index (χ4n) is 2.12. The number of thiophene rings is 1. The molecule has 1 aromatic heterocycles. The molecule has 0 aromatic carbocycles. The molecule has 0 spiro atoms. The number of amides is 1. The van der Waals surface area contributed by atoms with Gasteiger partial charge in [-0.2, -0.15) is 0 Å². The van der Waals surface area contributed by atoms with Crippen LogP contribution in [0.15, 0.2) is 0 Å². The largest absolute Gasteiger partial charge is 0.397 e. The zero-order valence-electron chi connectivity index (χ0n) is 13.6. The van der Waals surface area contributed by atoms with Gasteiger partial charge in [0, 0.05) is 26.6 Å². The van der Waals surface area contributed by atoms with Crippen molar-refractivity contribution < 1.29 is 9.59 Å². The molecule has 0 unspecified atom stereocenters. The smallest absolute Gasteiger partial charge is 0.256 e. The average Bonchev–Trinajstić information content (AvgIpc) is 2.73. The van der Waals surface area contributed by atoms with Gasteiger partial charge in [-0.15, -0.1) is 11.3 Å². The Morgan fingerprint density at radius 2 is 1.86 bits per heavy atom. The quantitative estimate of drug-likeness (QED) is 0.792. The highest BCUT2D eigenvalue weighted by Crippen LogP contribution is 2.39. The van der Waals surface area contributed by atoms with Crippen molar-refractivity contribution in [3.05, 3.63) is 10.4 Å². The van der Waals surface area contributed by atoms with Crippen LogP contribution in [0.3, 0.4) is 0 Å². The van der Waals surface area contributed by atoms with Gasteiger partial charge in [-0.3, -0.25) is 9.59 Å². The second kappa shape index (κ2) is 6.93. The summed E-state index contributed by atoms with van der Waals surface area (Å²) in [5.41, 5.74) is 6.80. The van der Waals surface area contributed by atoms with E-state index in [1.165, 1.54) is 11.3 Å². The Bertz CT molecular complexity index is 535. The summed E-state index contributed by atoms with van der Waals surface area (Å²) in [6, 6.07) is 0. The van der Waals surface area contributed by atoms with Crippen LogP contribution in [-0.4, -0.2) is 32.3 Å². The zero-order chi connectivity index (χ0) is 16.3. The third-order valence-electron chi connectivity index (χ3n) is 3.11. The highest BCUT2D eigenvalue weighted by atomic mass is 32.1. The van der Waals surface area contributed by atoms with Crippen LogP contribution in [0.4, 0.5) is 10.7 Å². The van der Waals surface area contributed by atoms with E-state index in [0.29, 0.717) is 22.0 Å². The van der Waals surface area contributed by atoms with Gasteiger partial charge in [0.15, 0.2) is 5.78 Å². The Kier molecular flexibility index (Phi) is 5.78. The van der Waals surface area contributed by atoms with Crippen molar-refractivity contribution >= 4 is 33.7 Å².